The van der Waals surface area contributed by atoms with E-state index in [2.05, 4.69) is 22.3 Å². The Labute approximate surface area is 168 Å². The number of benzene rings is 1. The number of nitro benzene ring substituents is 1. The van der Waals surface area contributed by atoms with Crippen LogP contribution in [0.15, 0.2) is 41.9 Å². The molecule has 1 aliphatic rings. The first-order valence-corrected chi connectivity index (χ1v) is 9.82. The monoisotopic (exact) mass is 399 g/mol. The molecule has 0 fully saturated rings. The summed E-state index contributed by atoms with van der Waals surface area (Å²) in [5.41, 5.74) is 1.12. The fourth-order valence-electron chi connectivity index (χ4n) is 3.48. The van der Waals surface area contributed by atoms with E-state index >= 15 is 0 Å². The number of fused-ring (bicyclic) bond motifs is 1. The van der Waals surface area contributed by atoms with Crippen molar-refractivity contribution in [2.75, 3.05) is 11.9 Å². The summed E-state index contributed by atoms with van der Waals surface area (Å²) in [6.07, 6.45) is 6.55. The van der Waals surface area contributed by atoms with Crippen LogP contribution in [0.1, 0.15) is 57.6 Å². The van der Waals surface area contributed by atoms with Gasteiger partial charge in [0.2, 0.25) is 5.95 Å². The molecule has 1 atom stereocenters. The number of ether oxygens (including phenoxy) is 1. The maximum absolute atomic E-state index is 12.9. The number of esters is 1. The number of carbonyl (C=O) groups is 1. The van der Waals surface area contributed by atoms with E-state index < -0.39 is 16.9 Å². The maximum Gasteiger partial charge on any atom is 0.338 e. The fraction of sp³-hybridized carbons (Fsp3) is 0.450. The molecule has 9 heteroatoms. The number of aromatic nitrogens is 3. The Morgan fingerprint density at radius 2 is 2.03 bits per heavy atom. The first-order valence-electron chi connectivity index (χ1n) is 9.82. The molecule has 1 aromatic carbocycles. The van der Waals surface area contributed by atoms with Gasteiger partial charge in [-0.05, 0) is 19.4 Å². The van der Waals surface area contributed by atoms with Gasteiger partial charge in [0.05, 0.1) is 22.7 Å². The molecule has 2 heterocycles. The second-order valence-electron chi connectivity index (χ2n) is 6.96. The minimum absolute atomic E-state index is 0.0847. The Bertz CT molecular complexity index is 921. The summed E-state index contributed by atoms with van der Waals surface area (Å²) < 4.78 is 6.99. The molecule has 29 heavy (non-hydrogen) atoms. The summed E-state index contributed by atoms with van der Waals surface area (Å²) >= 11 is 0. The van der Waals surface area contributed by atoms with Gasteiger partial charge in [-0.3, -0.25) is 10.1 Å². The molecule has 1 aromatic heterocycles. The van der Waals surface area contributed by atoms with Gasteiger partial charge < -0.3 is 10.1 Å². The third kappa shape index (κ3) is 4.44. The number of allylic oxidation sites excluding steroid dienone is 1. The number of carbonyl (C=O) groups excluding carboxylic acids is 1. The predicted molar refractivity (Wildman–Crippen MR) is 107 cm³/mol. The highest BCUT2D eigenvalue weighted by atomic mass is 16.6. The molecule has 0 radical (unpaired) electrons. The average molecular weight is 399 g/mol. The van der Waals surface area contributed by atoms with Gasteiger partial charge in [0, 0.05) is 11.8 Å². The number of nitro groups is 1. The van der Waals surface area contributed by atoms with Crippen molar-refractivity contribution in [2.45, 2.75) is 52.0 Å². The summed E-state index contributed by atoms with van der Waals surface area (Å²) in [5.74, 6) is -0.0865. The van der Waals surface area contributed by atoms with E-state index in [-0.39, 0.29) is 5.69 Å². The molecule has 9 nitrogen and oxygen atoms in total. The van der Waals surface area contributed by atoms with Crippen molar-refractivity contribution in [3.8, 4) is 0 Å². The highest BCUT2D eigenvalue weighted by molar-refractivity contribution is 5.92. The van der Waals surface area contributed by atoms with E-state index in [1.165, 1.54) is 17.1 Å². The van der Waals surface area contributed by atoms with Gasteiger partial charge in [-0.15, -0.1) is 0 Å². The smallest absolute Gasteiger partial charge is 0.338 e. The molecule has 1 aliphatic heterocycles. The lowest BCUT2D eigenvalue weighted by molar-refractivity contribution is -0.385. The third-order valence-corrected chi connectivity index (χ3v) is 4.92. The molecule has 0 saturated heterocycles. The van der Waals surface area contributed by atoms with Crippen LogP contribution in [0.4, 0.5) is 11.6 Å². The van der Waals surface area contributed by atoms with Gasteiger partial charge in [0.15, 0.2) is 0 Å². The van der Waals surface area contributed by atoms with Crippen LogP contribution in [0.5, 0.6) is 0 Å². The summed E-state index contributed by atoms with van der Waals surface area (Å²) in [5, 5.41) is 18.8. The lowest BCUT2D eigenvalue weighted by Gasteiger charge is -2.28. The number of anilines is 1. The molecule has 154 valence electrons. The van der Waals surface area contributed by atoms with Gasteiger partial charge in [-0.25, -0.2) is 9.48 Å². The molecular formula is C20H25N5O4. The molecular weight excluding hydrogens is 374 g/mol. The Morgan fingerprint density at radius 1 is 1.28 bits per heavy atom. The minimum Gasteiger partial charge on any atom is -0.462 e. The first kappa shape index (κ1) is 20.5. The van der Waals surface area contributed by atoms with Gasteiger partial charge in [0.1, 0.15) is 12.4 Å². The largest absolute Gasteiger partial charge is 0.462 e. The molecule has 0 bridgehead atoms. The number of rotatable bonds is 9. The van der Waals surface area contributed by atoms with Crippen LogP contribution in [-0.4, -0.2) is 32.3 Å². The maximum atomic E-state index is 12.9. The molecule has 1 N–H and O–H groups in total. The van der Waals surface area contributed by atoms with Crippen molar-refractivity contribution in [3.63, 3.8) is 0 Å². The average Bonchev–Trinajstić information content (AvgIpc) is 3.17. The highest BCUT2D eigenvalue weighted by Crippen LogP contribution is 2.38. The van der Waals surface area contributed by atoms with E-state index in [4.69, 9.17) is 4.74 Å². The standard InChI is InChI=1S/C20H25N5O4/c1-3-4-5-6-9-12-29-19(26)17-14(2)23-20-21-13-22-24(20)18(17)15-10-7-8-11-16(15)25(27)28/h7-8,10-11,13,18H,3-6,9,12H2,1-2H3,(H,21,22,23)/t18-/m0/s1. The van der Waals surface area contributed by atoms with Crippen molar-refractivity contribution >= 4 is 17.6 Å². The number of para-hydroxylation sites is 1. The van der Waals surface area contributed by atoms with Crippen molar-refractivity contribution in [3.05, 3.63) is 57.5 Å². The second kappa shape index (κ2) is 9.31. The summed E-state index contributed by atoms with van der Waals surface area (Å²) in [4.78, 5) is 28.2. The predicted octanol–water partition coefficient (Wildman–Crippen LogP) is 3.99. The Balaban J connectivity index is 1.88. The third-order valence-electron chi connectivity index (χ3n) is 4.92. The lowest BCUT2D eigenvalue weighted by atomic mass is 9.94. The quantitative estimate of drug-likeness (QED) is 0.294. The number of unbranched alkanes of at least 4 members (excludes halogenated alkanes) is 4. The number of nitrogens with one attached hydrogen (secondary N) is 1. The summed E-state index contributed by atoms with van der Waals surface area (Å²) in [7, 11) is 0. The Morgan fingerprint density at radius 3 is 2.79 bits per heavy atom. The van der Waals surface area contributed by atoms with Crippen molar-refractivity contribution < 1.29 is 14.5 Å². The van der Waals surface area contributed by atoms with Crippen molar-refractivity contribution in [1.82, 2.24) is 14.8 Å². The zero-order chi connectivity index (χ0) is 20.8. The Hall–Kier alpha value is -3.23. The molecule has 2 aromatic rings. The number of nitrogens with zero attached hydrogens (tertiary/aromatic N) is 4. The lowest BCUT2D eigenvalue weighted by Crippen LogP contribution is -2.30. The first-order chi connectivity index (χ1) is 14.0. The molecule has 3 rings (SSSR count). The van der Waals surface area contributed by atoms with Crippen LogP contribution in [-0.2, 0) is 9.53 Å². The molecule has 0 spiro atoms. The van der Waals surface area contributed by atoms with E-state index in [0.717, 1.165) is 32.1 Å². The topological polar surface area (TPSA) is 112 Å². The fourth-order valence-corrected chi connectivity index (χ4v) is 3.48. The van der Waals surface area contributed by atoms with Crippen LogP contribution in [0.3, 0.4) is 0 Å². The van der Waals surface area contributed by atoms with Crippen LogP contribution >= 0.6 is 0 Å². The zero-order valence-corrected chi connectivity index (χ0v) is 16.6. The zero-order valence-electron chi connectivity index (χ0n) is 16.6. The van der Waals surface area contributed by atoms with Crippen molar-refractivity contribution in [2.24, 2.45) is 0 Å². The minimum atomic E-state index is -0.789. The molecule has 0 saturated carbocycles. The van der Waals surface area contributed by atoms with Crippen LogP contribution in [0.2, 0.25) is 0 Å². The highest BCUT2D eigenvalue weighted by Gasteiger charge is 2.37. The summed E-state index contributed by atoms with van der Waals surface area (Å²) in [6, 6.07) is 5.55. The van der Waals surface area contributed by atoms with E-state index in [1.807, 2.05) is 0 Å². The van der Waals surface area contributed by atoms with Crippen molar-refractivity contribution in [1.29, 1.82) is 0 Å². The van der Waals surface area contributed by atoms with E-state index in [0.29, 0.717) is 29.4 Å². The number of hydrogen-bond donors (Lipinski definition) is 1. The summed E-state index contributed by atoms with van der Waals surface area (Å²) in [6.45, 7) is 4.19. The normalized spacial score (nSPS) is 15.6. The molecule has 0 amide bonds. The molecule has 0 unspecified atom stereocenters. The number of hydrogen-bond acceptors (Lipinski definition) is 7. The van der Waals surface area contributed by atoms with Gasteiger partial charge in [0.25, 0.3) is 5.69 Å². The van der Waals surface area contributed by atoms with Crippen LogP contribution in [0.25, 0.3) is 0 Å². The SMILES string of the molecule is CCCCCCCOC(=O)C1=C(C)Nc2ncnn2[C@H]1c1ccccc1[N+](=O)[O-]. The van der Waals surface area contributed by atoms with Gasteiger partial charge in [-0.1, -0.05) is 44.7 Å². The van der Waals surface area contributed by atoms with Crippen LogP contribution < -0.4 is 5.32 Å². The van der Waals surface area contributed by atoms with E-state index in [9.17, 15) is 14.9 Å². The second-order valence-corrected chi connectivity index (χ2v) is 6.96. The van der Waals surface area contributed by atoms with E-state index in [1.54, 1.807) is 25.1 Å². The van der Waals surface area contributed by atoms with Crippen LogP contribution in [0, 0.1) is 10.1 Å². The Kier molecular flexibility index (Phi) is 6.58. The van der Waals surface area contributed by atoms with Gasteiger partial charge in [-0.2, -0.15) is 10.1 Å². The molecule has 0 aliphatic carbocycles. The van der Waals surface area contributed by atoms with Gasteiger partial charge >= 0.3 is 5.97 Å².